The third-order valence-corrected chi connectivity index (χ3v) is 7.13. The van der Waals surface area contributed by atoms with Gasteiger partial charge in [-0.15, -0.1) is 0 Å². The fourth-order valence-electron chi connectivity index (χ4n) is 2.77. The van der Waals surface area contributed by atoms with Crippen LogP contribution in [-0.2, 0) is 17.7 Å². The summed E-state index contributed by atoms with van der Waals surface area (Å²) in [4.78, 5) is 8.77. The minimum atomic E-state index is -1.22. The molecule has 0 atom stereocenters. The second-order valence-electron chi connectivity index (χ2n) is 5.97. The van der Waals surface area contributed by atoms with Crippen LogP contribution in [0.1, 0.15) is 0 Å². The van der Waals surface area contributed by atoms with Gasteiger partial charge in [0.1, 0.15) is 0 Å². The number of pyridine rings is 2. The molecule has 29 heavy (non-hydrogen) atoms. The summed E-state index contributed by atoms with van der Waals surface area (Å²) in [5.41, 5.74) is 1.56. The summed E-state index contributed by atoms with van der Waals surface area (Å²) in [5.74, 6) is -2.69. The van der Waals surface area contributed by atoms with E-state index in [0.717, 1.165) is 12.1 Å². The molecule has 2 aromatic carbocycles. The third kappa shape index (κ3) is 4.11. The fraction of sp³-hybridized carbons (Fsp3) is 0. The van der Waals surface area contributed by atoms with E-state index in [9.17, 15) is 17.6 Å². The Morgan fingerprint density at radius 1 is 0.552 bits per heavy atom. The van der Waals surface area contributed by atoms with E-state index in [1.807, 2.05) is 0 Å². The van der Waals surface area contributed by atoms with Gasteiger partial charge in [-0.3, -0.25) is 0 Å². The first-order valence-corrected chi connectivity index (χ1v) is 10.8. The SMILES string of the molecule is Fc1ccc(-c2cccn[c]2[Ir+][c]2ncccc2-c2ccc(F)cc2F)c(F)c1. The van der Waals surface area contributed by atoms with Crippen molar-refractivity contribution in [3.8, 4) is 22.3 Å². The van der Waals surface area contributed by atoms with Crippen molar-refractivity contribution in [2.24, 2.45) is 0 Å². The summed E-state index contributed by atoms with van der Waals surface area (Å²) >= 11 is -1.22. The van der Waals surface area contributed by atoms with Gasteiger partial charge in [-0.05, 0) is 0 Å². The molecule has 0 radical (unpaired) electrons. The Hall–Kier alpha value is -2.89. The summed E-state index contributed by atoms with van der Waals surface area (Å²) in [6, 6.07) is 13.5. The molecule has 0 saturated carbocycles. The standard InChI is InChI=1S/2C11H6F2N.Ir/c2*12-9-3-4-10(11(13)6-9)8-2-1-5-14-7-8;/h2*1-6H;/q;;+1. The van der Waals surface area contributed by atoms with Crippen LogP contribution in [0, 0.1) is 23.3 Å². The van der Waals surface area contributed by atoms with Crippen molar-refractivity contribution in [3.63, 3.8) is 0 Å². The van der Waals surface area contributed by atoms with Crippen molar-refractivity contribution in [2.75, 3.05) is 0 Å². The molecule has 7 heteroatoms. The van der Waals surface area contributed by atoms with E-state index in [2.05, 4.69) is 9.97 Å². The molecular formula is C22H12F4IrN2+. The predicted octanol–water partition coefficient (Wildman–Crippen LogP) is 4.40. The van der Waals surface area contributed by atoms with E-state index < -0.39 is 41.0 Å². The van der Waals surface area contributed by atoms with E-state index in [-0.39, 0.29) is 11.1 Å². The number of benzene rings is 2. The van der Waals surface area contributed by atoms with Crippen LogP contribution in [0.25, 0.3) is 22.3 Å². The molecule has 2 heterocycles. The van der Waals surface area contributed by atoms with Crippen LogP contribution in [0.4, 0.5) is 17.6 Å². The Balaban J connectivity index is 1.79. The average molecular weight is 573 g/mol. The summed E-state index contributed by atoms with van der Waals surface area (Å²) in [6.45, 7) is 0. The van der Waals surface area contributed by atoms with E-state index in [1.165, 1.54) is 24.3 Å². The van der Waals surface area contributed by atoms with Crippen LogP contribution in [0.3, 0.4) is 0 Å². The number of rotatable bonds is 4. The Bertz CT molecular complexity index is 1100. The normalized spacial score (nSPS) is 11.0. The number of hydrogen-bond acceptors (Lipinski definition) is 2. The average Bonchev–Trinajstić information content (AvgIpc) is 2.70. The molecule has 0 fully saturated rings. The van der Waals surface area contributed by atoms with Gasteiger partial charge in [0.15, 0.2) is 0 Å². The number of halogens is 4. The third-order valence-electron chi connectivity index (χ3n) is 4.08. The van der Waals surface area contributed by atoms with Crippen LogP contribution < -0.4 is 8.42 Å². The molecule has 4 rings (SSSR count). The van der Waals surface area contributed by atoms with Crippen LogP contribution in [0.5, 0.6) is 0 Å². The Morgan fingerprint density at radius 3 is 1.41 bits per heavy atom. The zero-order valence-electron chi connectivity index (χ0n) is 14.7. The molecule has 0 bridgehead atoms. The summed E-state index contributed by atoms with van der Waals surface area (Å²) < 4.78 is 56.5. The second kappa shape index (κ2) is 8.23. The number of nitrogens with zero attached hydrogens (tertiary/aromatic N) is 2. The second-order valence-corrected chi connectivity index (χ2v) is 8.84. The molecule has 0 unspecified atom stereocenters. The van der Waals surface area contributed by atoms with Crippen molar-refractivity contribution in [1.82, 2.24) is 9.97 Å². The van der Waals surface area contributed by atoms with Gasteiger partial charge in [-0.25, -0.2) is 0 Å². The van der Waals surface area contributed by atoms with Gasteiger partial charge >= 0.3 is 172 Å². The van der Waals surface area contributed by atoms with Gasteiger partial charge in [0.25, 0.3) is 0 Å². The summed E-state index contributed by atoms with van der Waals surface area (Å²) in [7, 11) is 0. The molecule has 146 valence electrons. The Labute approximate surface area is 172 Å². The monoisotopic (exact) mass is 573 g/mol. The van der Waals surface area contributed by atoms with Crippen LogP contribution in [0.15, 0.2) is 73.1 Å². The first-order valence-electron chi connectivity index (χ1n) is 8.44. The van der Waals surface area contributed by atoms with E-state index in [0.29, 0.717) is 19.5 Å². The Kier molecular flexibility index (Phi) is 5.51. The van der Waals surface area contributed by atoms with Crippen LogP contribution >= 0.6 is 0 Å². The molecule has 0 aliphatic rings. The summed E-state index contributed by atoms with van der Waals surface area (Å²) in [5, 5.41) is 0. The fourth-order valence-corrected chi connectivity index (χ4v) is 5.66. The van der Waals surface area contributed by atoms with Gasteiger partial charge in [-0.1, -0.05) is 0 Å². The van der Waals surface area contributed by atoms with E-state index in [1.54, 1.807) is 36.7 Å². The number of aromatic nitrogens is 2. The topological polar surface area (TPSA) is 25.8 Å². The maximum atomic E-state index is 14.3. The summed E-state index contributed by atoms with van der Waals surface area (Å²) in [6.07, 6.45) is 3.18. The van der Waals surface area contributed by atoms with Crippen molar-refractivity contribution < 1.29 is 35.3 Å². The van der Waals surface area contributed by atoms with Crippen LogP contribution in [-0.4, -0.2) is 9.97 Å². The quantitative estimate of drug-likeness (QED) is 0.339. The van der Waals surface area contributed by atoms with Gasteiger partial charge in [0, 0.05) is 0 Å². The van der Waals surface area contributed by atoms with E-state index >= 15 is 0 Å². The first-order chi connectivity index (χ1) is 14.0. The zero-order chi connectivity index (χ0) is 20.4. The molecule has 2 aromatic heterocycles. The zero-order valence-corrected chi connectivity index (χ0v) is 17.1. The van der Waals surface area contributed by atoms with Crippen LogP contribution in [0.2, 0.25) is 0 Å². The molecule has 0 aliphatic heterocycles. The number of hydrogen-bond donors (Lipinski definition) is 0. The molecule has 0 aliphatic carbocycles. The molecule has 0 saturated heterocycles. The maximum absolute atomic E-state index is 14.3. The van der Waals surface area contributed by atoms with E-state index in [4.69, 9.17) is 0 Å². The minimum absolute atomic E-state index is 0.240. The first kappa shape index (κ1) is 19.4. The van der Waals surface area contributed by atoms with Crippen molar-refractivity contribution >= 4 is 8.42 Å². The van der Waals surface area contributed by atoms with Crippen molar-refractivity contribution in [3.05, 3.63) is 96.3 Å². The van der Waals surface area contributed by atoms with Crippen molar-refractivity contribution in [2.45, 2.75) is 0 Å². The molecule has 0 spiro atoms. The molecule has 2 nitrogen and oxygen atoms in total. The van der Waals surface area contributed by atoms with Gasteiger partial charge in [-0.2, -0.15) is 0 Å². The van der Waals surface area contributed by atoms with Gasteiger partial charge in [0.05, 0.1) is 0 Å². The molecule has 0 N–H and O–H groups in total. The predicted molar refractivity (Wildman–Crippen MR) is 98.4 cm³/mol. The van der Waals surface area contributed by atoms with Gasteiger partial charge in [0.2, 0.25) is 0 Å². The molecule has 0 amide bonds. The van der Waals surface area contributed by atoms with Crippen molar-refractivity contribution in [1.29, 1.82) is 0 Å². The molecule has 4 aromatic rings. The Morgan fingerprint density at radius 2 is 1.00 bits per heavy atom. The molecular weight excluding hydrogens is 560 g/mol. The van der Waals surface area contributed by atoms with Gasteiger partial charge < -0.3 is 0 Å².